The largest absolute Gasteiger partial charge is 0.490 e. The lowest BCUT2D eigenvalue weighted by molar-refractivity contribution is -0.139. The van der Waals surface area contributed by atoms with Gasteiger partial charge in [0.1, 0.15) is 0 Å². The molecule has 3 rings (SSSR count). The molecule has 6 heteroatoms. The summed E-state index contributed by atoms with van der Waals surface area (Å²) in [4.78, 5) is 25.8. The first kappa shape index (κ1) is 18.5. The molecule has 1 heterocycles. The quantitative estimate of drug-likeness (QED) is 0.806. The van der Waals surface area contributed by atoms with Crippen LogP contribution in [-0.4, -0.2) is 47.7 Å². The van der Waals surface area contributed by atoms with E-state index >= 15 is 0 Å². The van der Waals surface area contributed by atoms with Crippen LogP contribution in [0.1, 0.15) is 55.8 Å². The van der Waals surface area contributed by atoms with E-state index in [1.807, 2.05) is 11.8 Å². The number of rotatable bonds is 7. The summed E-state index contributed by atoms with van der Waals surface area (Å²) in [6.45, 7) is 2.62. The van der Waals surface area contributed by atoms with Crippen LogP contribution in [0.3, 0.4) is 0 Å². The number of carboxylic acids is 1. The fourth-order valence-corrected chi connectivity index (χ4v) is 4.21. The third kappa shape index (κ3) is 4.11. The molecule has 1 atom stereocenters. The van der Waals surface area contributed by atoms with Crippen LogP contribution in [0.5, 0.6) is 11.5 Å². The molecule has 2 fully saturated rings. The highest BCUT2D eigenvalue weighted by Gasteiger charge is 2.36. The Kier molecular flexibility index (Phi) is 6.01. The molecule has 6 nitrogen and oxygen atoms in total. The second kappa shape index (κ2) is 8.43. The summed E-state index contributed by atoms with van der Waals surface area (Å²) >= 11 is 0. The number of ether oxygens (including phenoxy) is 2. The number of carbonyl (C=O) groups excluding carboxylic acids is 1. The second-order valence-electron chi connectivity index (χ2n) is 7.03. The minimum Gasteiger partial charge on any atom is -0.490 e. The van der Waals surface area contributed by atoms with Gasteiger partial charge in [0.25, 0.3) is 5.91 Å². The van der Waals surface area contributed by atoms with Gasteiger partial charge >= 0.3 is 5.97 Å². The number of hydrogen-bond donors (Lipinski definition) is 1. The summed E-state index contributed by atoms with van der Waals surface area (Å²) < 4.78 is 10.8. The number of benzene rings is 1. The predicted octanol–water partition coefficient (Wildman–Crippen LogP) is 3.34. The molecule has 0 radical (unpaired) electrons. The maximum atomic E-state index is 13.1. The van der Waals surface area contributed by atoms with Gasteiger partial charge in [0.2, 0.25) is 0 Å². The molecule has 1 aromatic carbocycles. The van der Waals surface area contributed by atoms with E-state index in [4.69, 9.17) is 14.6 Å². The average molecular weight is 361 g/mol. The van der Waals surface area contributed by atoms with Gasteiger partial charge in [-0.15, -0.1) is 0 Å². The van der Waals surface area contributed by atoms with Gasteiger partial charge in [0.05, 0.1) is 6.61 Å². The van der Waals surface area contributed by atoms with Gasteiger partial charge in [-0.3, -0.25) is 4.79 Å². The van der Waals surface area contributed by atoms with Gasteiger partial charge in [-0.05, 0) is 56.7 Å². The number of amides is 1. The lowest BCUT2D eigenvalue weighted by atomic mass is 9.95. The molecule has 2 aliphatic rings. The van der Waals surface area contributed by atoms with Gasteiger partial charge in [-0.2, -0.15) is 0 Å². The Morgan fingerprint density at radius 1 is 1.12 bits per heavy atom. The first-order valence-electron chi connectivity index (χ1n) is 9.52. The number of carboxylic acid groups (broad SMARTS) is 1. The zero-order valence-electron chi connectivity index (χ0n) is 15.3. The molecular formula is C20H27NO5. The monoisotopic (exact) mass is 361 g/mol. The SMILES string of the molecule is CCOc1cc(C(=O)N2CCC[C@H]2C2CCCC2)ccc1OCC(=O)O. The summed E-state index contributed by atoms with van der Waals surface area (Å²) in [5, 5.41) is 8.79. The van der Waals surface area contributed by atoms with E-state index < -0.39 is 12.6 Å². The molecule has 0 spiro atoms. The Morgan fingerprint density at radius 3 is 2.58 bits per heavy atom. The van der Waals surface area contributed by atoms with Crippen molar-refractivity contribution < 1.29 is 24.2 Å². The fraction of sp³-hybridized carbons (Fsp3) is 0.600. The Bertz CT molecular complexity index is 654. The normalized spacial score (nSPS) is 20.3. The van der Waals surface area contributed by atoms with Crippen molar-refractivity contribution in [1.29, 1.82) is 0 Å². The van der Waals surface area contributed by atoms with E-state index in [0.717, 1.165) is 19.4 Å². The first-order chi connectivity index (χ1) is 12.6. The Balaban J connectivity index is 1.77. The van der Waals surface area contributed by atoms with E-state index in [9.17, 15) is 9.59 Å². The summed E-state index contributed by atoms with van der Waals surface area (Å²) in [5.74, 6) is 0.371. The van der Waals surface area contributed by atoms with Crippen molar-refractivity contribution in [3.8, 4) is 11.5 Å². The van der Waals surface area contributed by atoms with Crippen LogP contribution < -0.4 is 9.47 Å². The summed E-state index contributed by atoms with van der Waals surface area (Å²) in [7, 11) is 0. The minimum absolute atomic E-state index is 0.0325. The van der Waals surface area contributed by atoms with E-state index in [1.165, 1.54) is 25.7 Å². The first-order valence-corrected chi connectivity index (χ1v) is 9.52. The van der Waals surface area contributed by atoms with Crippen molar-refractivity contribution in [3.05, 3.63) is 23.8 Å². The van der Waals surface area contributed by atoms with Gasteiger partial charge < -0.3 is 19.5 Å². The molecule has 1 amide bonds. The average Bonchev–Trinajstić information content (AvgIpc) is 3.31. The van der Waals surface area contributed by atoms with E-state index in [2.05, 4.69) is 0 Å². The Labute approximate surface area is 154 Å². The molecule has 0 unspecified atom stereocenters. The molecule has 26 heavy (non-hydrogen) atoms. The van der Waals surface area contributed by atoms with Crippen molar-refractivity contribution in [1.82, 2.24) is 4.90 Å². The maximum absolute atomic E-state index is 13.1. The van der Waals surface area contributed by atoms with E-state index in [-0.39, 0.29) is 5.91 Å². The smallest absolute Gasteiger partial charge is 0.341 e. The van der Waals surface area contributed by atoms with Gasteiger partial charge in [0, 0.05) is 18.2 Å². The van der Waals surface area contributed by atoms with Gasteiger partial charge in [-0.25, -0.2) is 4.79 Å². The fourth-order valence-electron chi connectivity index (χ4n) is 4.21. The number of carbonyl (C=O) groups is 2. The van der Waals surface area contributed by atoms with Crippen LogP contribution in [0.2, 0.25) is 0 Å². The van der Waals surface area contributed by atoms with E-state index in [0.29, 0.717) is 35.6 Å². The predicted molar refractivity (Wildman–Crippen MR) is 96.8 cm³/mol. The molecule has 1 aliphatic heterocycles. The molecule has 1 aliphatic carbocycles. The molecule has 142 valence electrons. The van der Waals surface area contributed by atoms with Crippen molar-refractivity contribution in [3.63, 3.8) is 0 Å². The number of aliphatic carboxylic acids is 1. The number of nitrogens with zero attached hydrogens (tertiary/aromatic N) is 1. The lowest BCUT2D eigenvalue weighted by Crippen LogP contribution is -2.39. The summed E-state index contributed by atoms with van der Waals surface area (Å²) in [6, 6.07) is 5.35. The summed E-state index contributed by atoms with van der Waals surface area (Å²) in [5.41, 5.74) is 0.570. The van der Waals surface area contributed by atoms with Crippen LogP contribution >= 0.6 is 0 Å². The molecule has 1 saturated carbocycles. The molecule has 1 aromatic rings. The van der Waals surface area contributed by atoms with E-state index in [1.54, 1.807) is 18.2 Å². The zero-order valence-corrected chi connectivity index (χ0v) is 15.3. The third-order valence-electron chi connectivity index (χ3n) is 5.35. The number of hydrogen-bond acceptors (Lipinski definition) is 4. The number of likely N-dealkylation sites (tertiary alicyclic amines) is 1. The van der Waals surface area contributed by atoms with Crippen molar-refractivity contribution >= 4 is 11.9 Å². The highest BCUT2D eigenvalue weighted by atomic mass is 16.5. The maximum Gasteiger partial charge on any atom is 0.341 e. The standard InChI is InChI=1S/C20H27NO5/c1-2-25-18-12-15(9-10-17(18)26-13-19(22)23)20(24)21-11-5-8-16(21)14-6-3-4-7-14/h9-10,12,14,16H,2-8,11,13H2,1H3,(H,22,23)/t16-/m0/s1. The van der Waals surface area contributed by atoms with Gasteiger partial charge in [0.15, 0.2) is 18.1 Å². The van der Waals surface area contributed by atoms with Crippen LogP contribution in [0.15, 0.2) is 18.2 Å². The third-order valence-corrected chi connectivity index (χ3v) is 5.35. The zero-order chi connectivity index (χ0) is 18.5. The minimum atomic E-state index is -1.05. The highest BCUT2D eigenvalue weighted by Crippen LogP contribution is 2.37. The van der Waals surface area contributed by atoms with Gasteiger partial charge in [-0.1, -0.05) is 12.8 Å². The molecule has 0 bridgehead atoms. The van der Waals surface area contributed by atoms with Crippen molar-refractivity contribution in [2.45, 2.75) is 51.5 Å². The second-order valence-corrected chi connectivity index (χ2v) is 7.03. The van der Waals surface area contributed by atoms with Crippen LogP contribution in [0, 0.1) is 5.92 Å². The van der Waals surface area contributed by atoms with Crippen LogP contribution in [0.25, 0.3) is 0 Å². The molecule has 1 N–H and O–H groups in total. The lowest BCUT2D eigenvalue weighted by Gasteiger charge is -2.29. The van der Waals surface area contributed by atoms with Crippen molar-refractivity contribution in [2.75, 3.05) is 19.8 Å². The topological polar surface area (TPSA) is 76.1 Å². The Hall–Kier alpha value is -2.24. The molecular weight excluding hydrogens is 334 g/mol. The molecule has 1 saturated heterocycles. The van der Waals surface area contributed by atoms with Crippen molar-refractivity contribution in [2.24, 2.45) is 5.92 Å². The molecule has 0 aromatic heterocycles. The Morgan fingerprint density at radius 2 is 1.88 bits per heavy atom. The summed E-state index contributed by atoms with van der Waals surface area (Å²) in [6.07, 6.45) is 7.14. The van der Waals surface area contributed by atoms with Crippen LogP contribution in [-0.2, 0) is 4.79 Å². The highest BCUT2D eigenvalue weighted by molar-refractivity contribution is 5.95. The van der Waals surface area contributed by atoms with Crippen LogP contribution in [0.4, 0.5) is 0 Å².